The number of nitrogens with zero attached hydrogens (tertiary/aromatic N) is 6. The number of amides is 1. The predicted molar refractivity (Wildman–Crippen MR) is 113 cm³/mol. The average Bonchev–Trinajstić information content (AvgIpc) is 3.48. The Morgan fingerprint density at radius 2 is 2.10 bits per heavy atom. The number of hydrogen-bond acceptors (Lipinski definition) is 9. The van der Waals surface area contributed by atoms with Crippen LogP contribution in [0.15, 0.2) is 45.4 Å². The van der Waals surface area contributed by atoms with Gasteiger partial charge in [-0.2, -0.15) is 9.78 Å². The van der Waals surface area contributed by atoms with Crippen LogP contribution in [0.4, 0.5) is 5.82 Å². The molecule has 152 valence electrons. The predicted octanol–water partition coefficient (Wildman–Crippen LogP) is 3.42. The Bertz CT molecular complexity index is 1250. The molecule has 30 heavy (non-hydrogen) atoms. The van der Waals surface area contributed by atoms with Gasteiger partial charge in [0.2, 0.25) is 11.6 Å². The molecule has 4 rings (SSSR count). The summed E-state index contributed by atoms with van der Waals surface area (Å²) in [4.78, 5) is 13.8. The largest absolute Gasteiger partial charge is 0.378 e. The first-order valence-corrected chi connectivity index (χ1v) is 9.97. The molecule has 0 aliphatic carbocycles. The van der Waals surface area contributed by atoms with Gasteiger partial charge in [-0.3, -0.25) is 4.79 Å². The Hall–Kier alpha value is -3.28. The lowest BCUT2D eigenvalue weighted by molar-refractivity contribution is 0.0950. The van der Waals surface area contributed by atoms with Gasteiger partial charge < -0.3 is 5.73 Å². The Morgan fingerprint density at radius 3 is 2.77 bits per heavy atom. The average molecular weight is 463 g/mol. The molecule has 0 atom stereocenters. The van der Waals surface area contributed by atoms with Crippen LogP contribution in [0.5, 0.6) is 0 Å². The van der Waals surface area contributed by atoms with Gasteiger partial charge in [-0.05, 0) is 40.8 Å². The molecular formula is C17H12Cl2N8O2S. The number of carbonyl (C=O) groups excluding carboxylic acids is 1. The summed E-state index contributed by atoms with van der Waals surface area (Å²) < 4.78 is 5.87. The zero-order chi connectivity index (χ0) is 21.3. The number of anilines is 1. The number of benzene rings is 1. The first-order valence-electron chi connectivity index (χ1n) is 8.33. The minimum atomic E-state index is -0.590. The highest BCUT2D eigenvalue weighted by Gasteiger charge is 2.25. The second kappa shape index (κ2) is 8.22. The van der Waals surface area contributed by atoms with Gasteiger partial charge in [0.25, 0.3) is 5.91 Å². The minimum Gasteiger partial charge on any atom is -0.378 e. The Kier molecular flexibility index (Phi) is 5.48. The van der Waals surface area contributed by atoms with Crippen LogP contribution < -0.4 is 11.2 Å². The van der Waals surface area contributed by atoms with Gasteiger partial charge in [-0.25, -0.2) is 10.1 Å². The van der Waals surface area contributed by atoms with Crippen molar-refractivity contribution in [3.63, 3.8) is 0 Å². The van der Waals surface area contributed by atoms with Crippen LogP contribution in [0.2, 0.25) is 10.0 Å². The van der Waals surface area contributed by atoms with Crippen LogP contribution in [0, 0.1) is 0 Å². The number of hydrogen-bond donors (Lipinski definition) is 2. The van der Waals surface area contributed by atoms with E-state index in [4.69, 9.17) is 28.9 Å². The molecule has 3 N–H and O–H groups in total. The van der Waals surface area contributed by atoms with Gasteiger partial charge in [0.15, 0.2) is 5.69 Å². The van der Waals surface area contributed by atoms with Gasteiger partial charge in [-0.1, -0.05) is 40.5 Å². The van der Waals surface area contributed by atoms with Crippen molar-refractivity contribution >= 4 is 52.0 Å². The molecule has 0 fully saturated rings. The molecule has 0 saturated heterocycles. The lowest BCUT2D eigenvalue weighted by Gasteiger charge is -2.07. The summed E-state index contributed by atoms with van der Waals surface area (Å²) in [6.07, 6.45) is 0. The lowest BCUT2D eigenvalue weighted by atomic mass is 10.1. The topological polar surface area (TPSA) is 137 Å². The third-order valence-electron chi connectivity index (χ3n) is 3.98. The van der Waals surface area contributed by atoms with E-state index in [1.54, 1.807) is 25.1 Å². The maximum atomic E-state index is 12.9. The van der Waals surface area contributed by atoms with E-state index in [-0.39, 0.29) is 28.0 Å². The highest BCUT2D eigenvalue weighted by Crippen LogP contribution is 2.31. The quantitative estimate of drug-likeness (QED) is 0.342. The highest BCUT2D eigenvalue weighted by molar-refractivity contribution is 7.12. The van der Waals surface area contributed by atoms with Crippen molar-refractivity contribution in [3.05, 3.63) is 56.3 Å². The lowest BCUT2D eigenvalue weighted by Crippen LogP contribution is -2.20. The van der Waals surface area contributed by atoms with Crippen LogP contribution in [-0.2, 0) is 0 Å². The fourth-order valence-electron chi connectivity index (χ4n) is 2.55. The van der Waals surface area contributed by atoms with E-state index in [2.05, 4.69) is 35.8 Å². The van der Waals surface area contributed by atoms with E-state index in [1.807, 2.05) is 17.5 Å². The van der Waals surface area contributed by atoms with Gasteiger partial charge in [0, 0.05) is 10.4 Å². The zero-order valence-electron chi connectivity index (χ0n) is 15.2. The van der Waals surface area contributed by atoms with Crippen molar-refractivity contribution in [2.24, 2.45) is 5.10 Å². The van der Waals surface area contributed by atoms with Gasteiger partial charge >= 0.3 is 0 Å². The Labute approximate surface area is 183 Å². The van der Waals surface area contributed by atoms with Crippen LogP contribution in [0.25, 0.3) is 17.1 Å². The molecule has 3 aromatic heterocycles. The number of nitrogens with two attached hydrogens (primary N) is 1. The molecule has 0 spiro atoms. The summed E-state index contributed by atoms with van der Waals surface area (Å²) in [6, 6.07) is 8.60. The van der Waals surface area contributed by atoms with Crippen molar-refractivity contribution in [1.82, 2.24) is 30.7 Å². The third-order valence-corrected chi connectivity index (χ3v) is 5.70. The summed E-state index contributed by atoms with van der Waals surface area (Å²) in [7, 11) is 0. The molecule has 10 nitrogen and oxygen atoms in total. The smallest absolute Gasteiger partial charge is 0.294 e. The number of nitrogens with one attached hydrogen (secondary N) is 1. The van der Waals surface area contributed by atoms with E-state index < -0.39 is 5.91 Å². The highest BCUT2D eigenvalue weighted by atomic mass is 35.5. The van der Waals surface area contributed by atoms with Crippen molar-refractivity contribution < 1.29 is 9.42 Å². The summed E-state index contributed by atoms with van der Waals surface area (Å²) in [5, 5.41) is 21.9. The molecule has 0 aliphatic heterocycles. The Balaban J connectivity index is 1.77. The van der Waals surface area contributed by atoms with E-state index in [0.717, 1.165) is 4.88 Å². The molecule has 0 radical (unpaired) electrons. The number of aromatic nitrogens is 5. The fraction of sp³-hybridized carbons (Fsp3) is 0.0588. The molecule has 0 aliphatic rings. The SMILES string of the molecule is C/C(=N\NC(=O)c1nnn(-c2nonc2N)c1-c1ccc(Cl)c(Cl)c1)c1cccs1. The summed E-state index contributed by atoms with van der Waals surface area (Å²) in [5.41, 5.74) is 9.65. The monoisotopic (exact) mass is 462 g/mol. The molecule has 3 heterocycles. The maximum Gasteiger partial charge on any atom is 0.294 e. The van der Waals surface area contributed by atoms with Crippen molar-refractivity contribution in [1.29, 1.82) is 0 Å². The number of hydrazone groups is 1. The first-order chi connectivity index (χ1) is 14.5. The van der Waals surface area contributed by atoms with Crippen molar-refractivity contribution in [3.8, 4) is 17.1 Å². The normalized spacial score (nSPS) is 11.6. The fourth-order valence-corrected chi connectivity index (χ4v) is 3.53. The van der Waals surface area contributed by atoms with Gasteiger partial charge in [-0.15, -0.1) is 16.4 Å². The summed E-state index contributed by atoms with van der Waals surface area (Å²) >= 11 is 13.7. The van der Waals surface area contributed by atoms with E-state index in [1.165, 1.54) is 16.0 Å². The van der Waals surface area contributed by atoms with Crippen LogP contribution in [0.1, 0.15) is 22.3 Å². The molecule has 0 bridgehead atoms. The number of halogens is 2. The molecule has 13 heteroatoms. The zero-order valence-corrected chi connectivity index (χ0v) is 17.5. The molecule has 1 aromatic carbocycles. The van der Waals surface area contributed by atoms with E-state index in [0.29, 0.717) is 16.3 Å². The first kappa shape index (κ1) is 20.0. The molecule has 0 saturated carbocycles. The van der Waals surface area contributed by atoms with Crippen LogP contribution in [0.3, 0.4) is 0 Å². The molecule has 4 aromatic rings. The summed E-state index contributed by atoms with van der Waals surface area (Å²) in [6.45, 7) is 1.78. The molecule has 0 unspecified atom stereocenters. The number of nitrogen functional groups attached to an aromatic ring is 1. The molecule has 1 amide bonds. The maximum absolute atomic E-state index is 12.9. The standard InChI is InChI=1S/C17H12Cl2N8O2S/c1-8(12-3-2-6-30-12)21-23-17(28)13-14(9-4-5-10(18)11(19)7-9)27(26-22-13)16-15(20)24-29-25-16/h2-7H,1H3,(H2,20,24)(H,23,28)/b21-8+. The van der Waals surface area contributed by atoms with E-state index in [9.17, 15) is 4.79 Å². The minimum absolute atomic E-state index is 0.0280. The van der Waals surface area contributed by atoms with E-state index >= 15 is 0 Å². The number of rotatable bonds is 5. The van der Waals surface area contributed by atoms with Crippen molar-refractivity contribution in [2.75, 3.05) is 5.73 Å². The number of carbonyl (C=O) groups is 1. The number of thiophene rings is 1. The summed E-state index contributed by atoms with van der Waals surface area (Å²) in [5.74, 6) is -0.547. The second-order valence-corrected chi connectivity index (χ2v) is 7.68. The Morgan fingerprint density at radius 1 is 1.27 bits per heavy atom. The van der Waals surface area contributed by atoms with Gasteiger partial charge in [0.05, 0.1) is 15.8 Å². The van der Waals surface area contributed by atoms with Gasteiger partial charge in [0.1, 0.15) is 5.69 Å². The van der Waals surface area contributed by atoms with Crippen molar-refractivity contribution in [2.45, 2.75) is 6.92 Å². The second-order valence-electron chi connectivity index (χ2n) is 5.92. The van der Waals surface area contributed by atoms with Crippen LogP contribution >= 0.6 is 34.5 Å². The molecular weight excluding hydrogens is 451 g/mol. The van der Waals surface area contributed by atoms with Crippen LogP contribution in [-0.4, -0.2) is 36.9 Å². The third kappa shape index (κ3) is 3.77.